The lowest BCUT2D eigenvalue weighted by atomic mass is 10.1. The van der Waals surface area contributed by atoms with E-state index in [4.69, 9.17) is 4.98 Å². The molecule has 0 amide bonds. The summed E-state index contributed by atoms with van der Waals surface area (Å²) in [5.41, 5.74) is 3.16. The summed E-state index contributed by atoms with van der Waals surface area (Å²) in [5, 5.41) is 4.24. The van der Waals surface area contributed by atoms with Gasteiger partial charge >= 0.3 is 0 Å². The van der Waals surface area contributed by atoms with Crippen LogP contribution in [0.15, 0.2) is 42.4 Å². The van der Waals surface area contributed by atoms with Gasteiger partial charge in [0, 0.05) is 25.1 Å². The van der Waals surface area contributed by atoms with Crippen LogP contribution in [0.3, 0.4) is 0 Å². The summed E-state index contributed by atoms with van der Waals surface area (Å²) >= 11 is 2.20. The van der Waals surface area contributed by atoms with Gasteiger partial charge in [-0.25, -0.2) is 17.8 Å². The van der Waals surface area contributed by atoms with Crippen molar-refractivity contribution in [2.24, 2.45) is 0 Å². The molecule has 0 aliphatic carbocycles. The zero-order valence-electron chi connectivity index (χ0n) is 12.5. The number of fused-ring (bicyclic) bond motifs is 2. The van der Waals surface area contributed by atoms with Gasteiger partial charge in [-0.2, -0.15) is 10.1 Å². The van der Waals surface area contributed by atoms with Crippen LogP contribution in [0.4, 0.5) is 14.6 Å². The second kappa shape index (κ2) is 4.82. The van der Waals surface area contributed by atoms with Crippen LogP contribution in [0.2, 0.25) is 0 Å². The van der Waals surface area contributed by atoms with Crippen LogP contribution in [-0.2, 0) is 0 Å². The number of halogens is 3. The number of aromatic nitrogens is 3. The lowest BCUT2D eigenvalue weighted by molar-refractivity contribution is 0.581. The first-order valence-electron chi connectivity index (χ1n) is 7.69. The third kappa shape index (κ3) is 1.79. The topological polar surface area (TPSA) is 30.2 Å². The van der Waals surface area contributed by atoms with Crippen molar-refractivity contribution in [3.63, 3.8) is 0 Å². The quantitative estimate of drug-likeness (QED) is 0.447. The van der Waals surface area contributed by atoms with Gasteiger partial charge in [-0.05, 0) is 40.8 Å². The van der Waals surface area contributed by atoms with Crippen LogP contribution in [0, 0.1) is 15.2 Å². The standard InChI is InChI=1S/C17H12F2IN4/c18-10-3-4-12(19)11(8-10)16-14-2-1-7-24(14,16)15-5-6-23-17(22-15)13(20)9-21-23/h3-6,8-9H,1-2,7H2/q+1. The van der Waals surface area contributed by atoms with Gasteiger partial charge < -0.3 is 0 Å². The van der Waals surface area contributed by atoms with Crippen molar-refractivity contribution in [2.75, 3.05) is 6.54 Å². The molecule has 5 rings (SSSR count). The number of quaternary nitrogens is 1. The molecule has 0 N–H and O–H groups in total. The number of hydrogen-bond donors (Lipinski definition) is 0. The molecule has 2 aliphatic rings. The summed E-state index contributed by atoms with van der Waals surface area (Å²) in [5.74, 6) is 0.0514. The Morgan fingerprint density at radius 3 is 2.96 bits per heavy atom. The molecule has 1 fully saturated rings. The fourth-order valence-electron chi connectivity index (χ4n) is 3.82. The maximum atomic E-state index is 14.3. The number of rotatable bonds is 2. The van der Waals surface area contributed by atoms with Crippen LogP contribution in [0.25, 0.3) is 11.3 Å². The highest BCUT2D eigenvalue weighted by molar-refractivity contribution is 14.1. The van der Waals surface area contributed by atoms with Crippen molar-refractivity contribution >= 4 is 39.8 Å². The third-order valence-corrected chi connectivity index (χ3v) is 5.62. The number of allylic oxidation sites excluding steroid dienone is 1. The normalized spacial score (nSPS) is 22.3. The largest absolute Gasteiger partial charge is 0.241 e. The average molecular weight is 437 g/mol. The minimum atomic E-state index is -0.419. The molecule has 7 heteroatoms. The maximum absolute atomic E-state index is 14.3. The van der Waals surface area contributed by atoms with E-state index in [0.29, 0.717) is 10.0 Å². The Hall–Kier alpha value is -1.87. The highest BCUT2D eigenvalue weighted by Crippen LogP contribution is 2.59. The summed E-state index contributed by atoms with van der Waals surface area (Å²) in [4.78, 5) is 4.77. The molecule has 1 unspecified atom stereocenters. The average Bonchev–Trinajstić information content (AvgIpc) is 2.87. The highest BCUT2D eigenvalue weighted by atomic mass is 127. The van der Waals surface area contributed by atoms with Crippen molar-refractivity contribution in [1.29, 1.82) is 0 Å². The van der Waals surface area contributed by atoms with Crippen molar-refractivity contribution < 1.29 is 8.78 Å². The zero-order valence-corrected chi connectivity index (χ0v) is 14.7. The summed E-state index contributed by atoms with van der Waals surface area (Å²) in [7, 11) is 0. The van der Waals surface area contributed by atoms with E-state index in [9.17, 15) is 8.78 Å². The lowest BCUT2D eigenvalue weighted by Crippen LogP contribution is -2.28. The SMILES string of the molecule is Fc1ccc(F)c(C2=C3CCC[N+]32c2ccn3ncc(I)c3n2)c1. The molecular formula is C17H12F2IN4+. The Bertz CT molecular complexity index is 1040. The van der Waals surface area contributed by atoms with Gasteiger partial charge in [-0.15, -0.1) is 0 Å². The van der Waals surface area contributed by atoms with Crippen LogP contribution in [0.1, 0.15) is 18.4 Å². The van der Waals surface area contributed by atoms with Crippen LogP contribution in [-0.4, -0.2) is 21.1 Å². The van der Waals surface area contributed by atoms with Gasteiger partial charge in [-0.3, -0.25) is 0 Å². The predicted molar refractivity (Wildman–Crippen MR) is 94.9 cm³/mol. The monoisotopic (exact) mass is 437 g/mol. The van der Waals surface area contributed by atoms with E-state index in [1.807, 2.05) is 12.3 Å². The molecule has 0 radical (unpaired) electrons. The molecule has 1 aromatic carbocycles. The first kappa shape index (κ1) is 14.5. The van der Waals surface area contributed by atoms with Gasteiger partial charge in [-0.1, -0.05) is 0 Å². The van der Waals surface area contributed by atoms with E-state index >= 15 is 0 Å². The molecular weight excluding hydrogens is 425 g/mol. The number of hydrogen-bond acceptors (Lipinski definition) is 2. The smallest absolute Gasteiger partial charge is 0.221 e. The minimum Gasteiger partial charge on any atom is -0.221 e. The Labute approximate surface area is 150 Å². The molecule has 0 saturated carbocycles. The Balaban J connectivity index is 1.67. The summed E-state index contributed by atoms with van der Waals surface area (Å²) in [6.07, 6.45) is 5.56. The first-order valence-corrected chi connectivity index (χ1v) is 8.77. The van der Waals surface area contributed by atoms with Crippen molar-refractivity contribution in [3.05, 3.63) is 63.1 Å². The van der Waals surface area contributed by atoms with Crippen LogP contribution >= 0.6 is 22.6 Å². The van der Waals surface area contributed by atoms with Crippen LogP contribution < -0.4 is 4.48 Å². The molecule has 0 bridgehead atoms. The number of benzene rings is 1. The molecule has 24 heavy (non-hydrogen) atoms. The number of nitrogens with zero attached hydrogens (tertiary/aromatic N) is 4. The summed E-state index contributed by atoms with van der Waals surface area (Å²) < 4.78 is 31.1. The minimum absolute atomic E-state index is 0.356. The van der Waals surface area contributed by atoms with E-state index in [-0.39, 0.29) is 5.82 Å². The third-order valence-electron chi connectivity index (χ3n) is 4.86. The Kier molecular flexibility index (Phi) is 2.91. The predicted octanol–water partition coefficient (Wildman–Crippen LogP) is 4.10. The molecule has 2 aromatic heterocycles. The molecule has 4 nitrogen and oxygen atoms in total. The fourth-order valence-corrected chi connectivity index (χ4v) is 4.31. The molecule has 0 spiro atoms. The summed E-state index contributed by atoms with van der Waals surface area (Å²) in [6.45, 7) is 0.842. The van der Waals surface area contributed by atoms with Gasteiger partial charge in [0.05, 0.1) is 21.9 Å². The van der Waals surface area contributed by atoms with E-state index in [2.05, 4.69) is 27.7 Å². The fraction of sp³-hybridized carbons (Fsp3) is 0.176. The molecule has 3 aromatic rings. The lowest BCUT2D eigenvalue weighted by Gasteiger charge is -2.17. The Morgan fingerprint density at radius 1 is 1.21 bits per heavy atom. The summed E-state index contributed by atoms with van der Waals surface area (Å²) in [6, 6.07) is 5.56. The van der Waals surface area contributed by atoms with E-state index < -0.39 is 5.82 Å². The second-order valence-corrected chi connectivity index (χ2v) is 7.26. The molecule has 1 atom stereocenters. The highest BCUT2D eigenvalue weighted by Gasteiger charge is 2.63. The van der Waals surface area contributed by atoms with Gasteiger partial charge in [0.1, 0.15) is 11.6 Å². The van der Waals surface area contributed by atoms with Gasteiger partial charge in [0.25, 0.3) is 0 Å². The van der Waals surface area contributed by atoms with Crippen molar-refractivity contribution in [1.82, 2.24) is 19.1 Å². The molecule has 4 heterocycles. The van der Waals surface area contributed by atoms with Crippen LogP contribution in [0.5, 0.6) is 0 Å². The maximum Gasteiger partial charge on any atom is 0.241 e. The van der Waals surface area contributed by atoms with Crippen molar-refractivity contribution in [3.8, 4) is 0 Å². The van der Waals surface area contributed by atoms with E-state index in [1.165, 1.54) is 12.1 Å². The second-order valence-electron chi connectivity index (χ2n) is 6.10. The van der Waals surface area contributed by atoms with Crippen molar-refractivity contribution in [2.45, 2.75) is 12.8 Å². The van der Waals surface area contributed by atoms with Gasteiger partial charge in [0.15, 0.2) is 11.3 Å². The zero-order chi connectivity index (χ0) is 16.5. The molecule has 1 saturated heterocycles. The first-order chi connectivity index (χ1) is 11.6. The molecule has 2 aliphatic heterocycles. The molecule has 120 valence electrons. The van der Waals surface area contributed by atoms with Gasteiger partial charge in [0.2, 0.25) is 11.5 Å². The van der Waals surface area contributed by atoms with E-state index in [1.54, 1.807) is 10.7 Å². The Morgan fingerprint density at radius 2 is 2.08 bits per heavy atom. The van der Waals surface area contributed by atoms with E-state index in [0.717, 1.165) is 51.9 Å².